The predicted octanol–water partition coefficient (Wildman–Crippen LogP) is 2.46. The van der Waals surface area contributed by atoms with Gasteiger partial charge in [0.1, 0.15) is 5.75 Å². The second kappa shape index (κ2) is 7.90. The van der Waals surface area contributed by atoms with Crippen molar-refractivity contribution < 1.29 is 14.6 Å². The molecule has 0 aromatic heterocycles. The molecule has 2 atom stereocenters. The van der Waals surface area contributed by atoms with Gasteiger partial charge < -0.3 is 15.2 Å². The van der Waals surface area contributed by atoms with Crippen molar-refractivity contribution in [1.82, 2.24) is 5.32 Å². The van der Waals surface area contributed by atoms with Crippen molar-refractivity contribution >= 4 is 5.91 Å². The fourth-order valence-corrected chi connectivity index (χ4v) is 1.92. The van der Waals surface area contributed by atoms with Gasteiger partial charge in [0.15, 0.2) is 6.10 Å². The number of amides is 1. The number of hydrogen-bond acceptors (Lipinski definition) is 3. The Morgan fingerprint density at radius 1 is 1.30 bits per heavy atom. The molecule has 0 spiro atoms. The van der Waals surface area contributed by atoms with Crippen LogP contribution in [0.2, 0.25) is 0 Å². The summed E-state index contributed by atoms with van der Waals surface area (Å²) < 4.78 is 5.87. The van der Waals surface area contributed by atoms with Gasteiger partial charge >= 0.3 is 0 Å². The Hall–Kier alpha value is -1.55. The quantitative estimate of drug-likeness (QED) is 0.806. The smallest absolute Gasteiger partial charge is 0.261 e. The molecule has 0 saturated heterocycles. The van der Waals surface area contributed by atoms with E-state index in [2.05, 4.69) is 19.2 Å². The summed E-state index contributed by atoms with van der Waals surface area (Å²) in [6.45, 7) is 7.78. The summed E-state index contributed by atoms with van der Waals surface area (Å²) in [5, 5.41) is 11.7. The van der Waals surface area contributed by atoms with Gasteiger partial charge in [0.05, 0.1) is 6.61 Å². The zero-order valence-corrected chi connectivity index (χ0v) is 12.7. The van der Waals surface area contributed by atoms with E-state index in [4.69, 9.17) is 9.84 Å². The third kappa shape index (κ3) is 4.53. The first-order chi connectivity index (χ1) is 9.49. The molecule has 4 nitrogen and oxygen atoms in total. The normalized spacial score (nSPS) is 13.9. The third-order valence-corrected chi connectivity index (χ3v) is 3.14. The molecule has 1 rings (SSSR count). The molecule has 20 heavy (non-hydrogen) atoms. The Balaban J connectivity index is 2.81. The second-order valence-electron chi connectivity index (χ2n) is 5.30. The number of ether oxygens (including phenoxy) is 1. The van der Waals surface area contributed by atoms with Crippen LogP contribution in [0.1, 0.15) is 45.6 Å². The third-order valence-electron chi connectivity index (χ3n) is 3.14. The van der Waals surface area contributed by atoms with Crippen LogP contribution in [-0.4, -0.2) is 29.8 Å². The molecule has 112 valence electrons. The molecule has 1 amide bonds. The van der Waals surface area contributed by atoms with Crippen LogP contribution >= 0.6 is 0 Å². The van der Waals surface area contributed by atoms with Gasteiger partial charge in [-0.3, -0.25) is 4.79 Å². The SMILES string of the molecule is CCC(Oc1ccccc1C(C)C)C(=O)NC(C)CO. The number of rotatable bonds is 7. The van der Waals surface area contributed by atoms with Gasteiger partial charge in [0, 0.05) is 6.04 Å². The molecular formula is C16H25NO3. The van der Waals surface area contributed by atoms with E-state index < -0.39 is 6.10 Å². The Kier molecular flexibility index (Phi) is 6.52. The van der Waals surface area contributed by atoms with Crippen molar-refractivity contribution in [3.05, 3.63) is 29.8 Å². The highest BCUT2D eigenvalue weighted by Gasteiger charge is 2.21. The van der Waals surface area contributed by atoms with Crippen molar-refractivity contribution in [2.75, 3.05) is 6.61 Å². The average molecular weight is 279 g/mol. The van der Waals surface area contributed by atoms with Crippen molar-refractivity contribution in [2.45, 2.75) is 52.2 Å². The minimum Gasteiger partial charge on any atom is -0.480 e. The highest BCUT2D eigenvalue weighted by atomic mass is 16.5. The lowest BCUT2D eigenvalue weighted by molar-refractivity contribution is -0.129. The molecule has 1 aromatic rings. The van der Waals surface area contributed by atoms with Crippen molar-refractivity contribution in [3.8, 4) is 5.75 Å². The highest BCUT2D eigenvalue weighted by Crippen LogP contribution is 2.27. The maximum atomic E-state index is 12.1. The van der Waals surface area contributed by atoms with Crippen molar-refractivity contribution in [1.29, 1.82) is 0 Å². The van der Waals surface area contributed by atoms with Crippen LogP contribution in [0.4, 0.5) is 0 Å². The first-order valence-electron chi connectivity index (χ1n) is 7.16. The molecule has 0 fully saturated rings. The second-order valence-corrected chi connectivity index (χ2v) is 5.30. The molecule has 0 radical (unpaired) electrons. The summed E-state index contributed by atoms with van der Waals surface area (Å²) in [6.07, 6.45) is 0.0417. The lowest BCUT2D eigenvalue weighted by Gasteiger charge is -2.22. The average Bonchev–Trinajstić information content (AvgIpc) is 2.44. The molecule has 0 aliphatic heterocycles. The summed E-state index contributed by atoms with van der Waals surface area (Å²) in [7, 11) is 0. The van der Waals surface area contributed by atoms with E-state index in [9.17, 15) is 4.79 Å². The predicted molar refractivity (Wildman–Crippen MR) is 79.9 cm³/mol. The first-order valence-corrected chi connectivity index (χ1v) is 7.16. The minimum absolute atomic E-state index is 0.0786. The molecule has 0 aliphatic rings. The maximum absolute atomic E-state index is 12.1. The number of aliphatic hydroxyl groups is 1. The minimum atomic E-state index is -0.538. The van der Waals surface area contributed by atoms with Crippen molar-refractivity contribution in [2.24, 2.45) is 0 Å². The Bertz CT molecular complexity index is 431. The van der Waals surface area contributed by atoms with Gasteiger partial charge in [-0.15, -0.1) is 0 Å². The topological polar surface area (TPSA) is 58.6 Å². The standard InChI is InChI=1S/C16H25NO3/c1-5-14(16(19)17-12(4)10-18)20-15-9-7-6-8-13(15)11(2)3/h6-9,11-12,14,18H,5,10H2,1-4H3,(H,17,19). The lowest BCUT2D eigenvalue weighted by atomic mass is 10.0. The molecule has 0 heterocycles. The number of carbonyl (C=O) groups is 1. The Labute approximate surface area is 121 Å². The fourth-order valence-electron chi connectivity index (χ4n) is 1.92. The maximum Gasteiger partial charge on any atom is 0.261 e. The number of benzene rings is 1. The van der Waals surface area contributed by atoms with E-state index >= 15 is 0 Å². The molecule has 0 saturated carbocycles. The van der Waals surface area contributed by atoms with Gasteiger partial charge in [-0.2, -0.15) is 0 Å². The molecular weight excluding hydrogens is 254 g/mol. The van der Waals surface area contributed by atoms with Crippen molar-refractivity contribution in [3.63, 3.8) is 0 Å². The van der Waals surface area contributed by atoms with Gasteiger partial charge in [-0.1, -0.05) is 39.0 Å². The molecule has 2 unspecified atom stereocenters. The van der Waals surface area contributed by atoms with Gasteiger partial charge in [-0.05, 0) is 30.9 Å². The molecule has 2 N–H and O–H groups in total. The largest absolute Gasteiger partial charge is 0.480 e. The summed E-state index contributed by atoms with van der Waals surface area (Å²) in [4.78, 5) is 12.1. The van der Waals surface area contributed by atoms with Crippen LogP contribution in [0, 0.1) is 0 Å². The first kappa shape index (κ1) is 16.5. The molecule has 0 bridgehead atoms. The number of aliphatic hydroxyl groups excluding tert-OH is 1. The number of para-hydroxylation sites is 1. The van der Waals surface area contributed by atoms with Gasteiger partial charge in [0.2, 0.25) is 0 Å². The summed E-state index contributed by atoms with van der Waals surface area (Å²) in [6, 6.07) is 7.52. The van der Waals surface area contributed by atoms with E-state index in [-0.39, 0.29) is 18.6 Å². The zero-order chi connectivity index (χ0) is 15.1. The summed E-state index contributed by atoms with van der Waals surface area (Å²) >= 11 is 0. The van der Waals surface area contributed by atoms with Gasteiger partial charge in [0.25, 0.3) is 5.91 Å². The van der Waals surface area contributed by atoms with Crippen LogP contribution in [0.25, 0.3) is 0 Å². The van der Waals surface area contributed by atoms with E-state index in [0.29, 0.717) is 12.3 Å². The lowest BCUT2D eigenvalue weighted by Crippen LogP contribution is -2.43. The number of nitrogens with one attached hydrogen (secondary N) is 1. The Morgan fingerprint density at radius 2 is 1.95 bits per heavy atom. The van der Waals surface area contributed by atoms with Crippen LogP contribution in [-0.2, 0) is 4.79 Å². The van der Waals surface area contributed by atoms with E-state index in [1.54, 1.807) is 6.92 Å². The van der Waals surface area contributed by atoms with E-state index in [1.807, 2.05) is 31.2 Å². The molecule has 0 aliphatic carbocycles. The monoisotopic (exact) mass is 279 g/mol. The Morgan fingerprint density at radius 3 is 2.50 bits per heavy atom. The summed E-state index contributed by atoms with van der Waals surface area (Å²) in [5.74, 6) is 0.900. The van der Waals surface area contributed by atoms with Crippen LogP contribution < -0.4 is 10.1 Å². The van der Waals surface area contributed by atoms with Crippen LogP contribution in [0.15, 0.2) is 24.3 Å². The zero-order valence-electron chi connectivity index (χ0n) is 12.7. The number of hydrogen-bond donors (Lipinski definition) is 2. The van der Waals surface area contributed by atoms with E-state index in [0.717, 1.165) is 11.3 Å². The highest BCUT2D eigenvalue weighted by molar-refractivity contribution is 5.81. The molecule has 4 heteroatoms. The number of carbonyl (C=O) groups excluding carboxylic acids is 1. The van der Waals surface area contributed by atoms with E-state index in [1.165, 1.54) is 0 Å². The van der Waals surface area contributed by atoms with Gasteiger partial charge in [-0.25, -0.2) is 0 Å². The van der Waals surface area contributed by atoms with Crippen LogP contribution in [0.5, 0.6) is 5.75 Å². The summed E-state index contributed by atoms with van der Waals surface area (Å²) in [5.41, 5.74) is 1.09. The fraction of sp³-hybridized carbons (Fsp3) is 0.562. The molecule has 1 aromatic carbocycles. The van der Waals surface area contributed by atoms with Crippen LogP contribution in [0.3, 0.4) is 0 Å².